The molecule has 0 unspecified atom stereocenters. The van der Waals surface area contributed by atoms with E-state index in [0.717, 1.165) is 11.3 Å². The van der Waals surface area contributed by atoms with Gasteiger partial charge in [0.25, 0.3) is 0 Å². The predicted octanol–water partition coefficient (Wildman–Crippen LogP) is 5.11. The van der Waals surface area contributed by atoms with Gasteiger partial charge in [-0.3, -0.25) is 0 Å². The summed E-state index contributed by atoms with van der Waals surface area (Å²) < 4.78 is 13.2. The molecule has 1 aromatic heterocycles. The molecule has 6 heteroatoms. The minimum Gasteiger partial charge on any atom is -0.354 e. The molecule has 3 rings (SSSR count). The van der Waals surface area contributed by atoms with Gasteiger partial charge in [-0.25, -0.2) is 9.37 Å². The number of aromatic nitrogens is 2. The largest absolute Gasteiger partial charge is 0.354 e. The van der Waals surface area contributed by atoms with Gasteiger partial charge in [0.05, 0.1) is 16.4 Å². The Bertz CT molecular complexity index is 840. The average molecular weight is 343 g/mol. The third kappa shape index (κ3) is 3.81. The molecule has 4 nitrogen and oxygen atoms in total. The van der Waals surface area contributed by atoms with E-state index in [1.807, 2.05) is 43.3 Å². The Morgan fingerprint density at radius 3 is 2.54 bits per heavy atom. The van der Waals surface area contributed by atoms with Crippen LogP contribution in [-0.2, 0) is 0 Å². The van der Waals surface area contributed by atoms with E-state index < -0.39 is 0 Å². The van der Waals surface area contributed by atoms with Crippen molar-refractivity contribution in [2.45, 2.75) is 6.92 Å². The summed E-state index contributed by atoms with van der Waals surface area (Å²) in [5, 5.41) is 6.52. The molecule has 24 heavy (non-hydrogen) atoms. The summed E-state index contributed by atoms with van der Waals surface area (Å²) in [5.41, 5.74) is 2.34. The summed E-state index contributed by atoms with van der Waals surface area (Å²) in [5.74, 6) is 0.708. The second-order valence-electron chi connectivity index (χ2n) is 5.11. The van der Waals surface area contributed by atoms with Gasteiger partial charge in [0.2, 0.25) is 5.95 Å². The predicted molar refractivity (Wildman–Crippen MR) is 96.3 cm³/mol. The lowest BCUT2D eigenvalue weighted by atomic mass is 10.1. The van der Waals surface area contributed by atoms with Crippen LogP contribution in [0.1, 0.15) is 6.92 Å². The van der Waals surface area contributed by atoms with Crippen LogP contribution < -0.4 is 10.6 Å². The van der Waals surface area contributed by atoms with Gasteiger partial charge in [0.15, 0.2) is 0 Å². The highest BCUT2D eigenvalue weighted by molar-refractivity contribution is 6.33. The fraction of sp³-hybridized carbons (Fsp3) is 0.111. The van der Waals surface area contributed by atoms with Gasteiger partial charge in [0.1, 0.15) is 11.6 Å². The number of nitrogens with zero attached hydrogens (tertiary/aromatic N) is 2. The number of benzene rings is 2. The molecule has 0 saturated carbocycles. The van der Waals surface area contributed by atoms with Crippen molar-refractivity contribution < 1.29 is 4.39 Å². The van der Waals surface area contributed by atoms with E-state index >= 15 is 0 Å². The van der Waals surface area contributed by atoms with Gasteiger partial charge in [-0.05, 0) is 25.1 Å². The van der Waals surface area contributed by atoms with E-state index in [9.17, 15) is 4.39 Å². The Morgan fingerprint density at radius 1 is 1.04 bits per heavy atom. The van der Waals surface area contributed by atoms with Crippen molar-refractivity contribution in [1.82, 2.24) is 9.97 Å². The second kappa shape index (κ2) is 7.27. The van der Waals surface area contributed by atoms with Gasteiger partial charge < -0.3 is 10.6 Å². The molecule has 0 atom stereocenters. The molecule has 0 spiro atoms. The maximum absolute atomic E-state index is 13.2. The zero-order valence-electron chi connectivity index (χ0n) is 13.1. The van der Waals surface area contributed by atoms with Gasteiger partial charge in [-0.2, -0.15) is 4.98 Å². The van der Waals surface area contributed by atoms with Crippen LogP contribution in [0.3, 0.4) is 0 Å². The molecular formula is C18H16ClFN4. The Balaban J connectivity index is 1.99. The van der Waals surface area contributed by atoms with E-state index in [2.05, 4.69) is 20.6 Å². The normalized spacial score (nSPS) is 10.5. The number of anilines is 3. The van der Waals surface area contributed by atoms with Gasteiger partial charge in [-0.1, -0.05) is 41.9 Å². The average Bonchev–Trinajstić information content (AvgIpc) is 2.58. The topological polar surface area (TPSA) is 49.8 Å². The maximum atomic E-state index is 13.2. The van der Waals surface area contributed by atoms with Gasteiger partial charge >= 0.3 is 0 Å². The van der Waals surface area contributed by atoms with Gasteiger partial charge in [-0.15, -0.1) is 0 Å². The minimum absolute atomic E-state index is 0.292. The molecule has 0 amide bonds. The zero-order chi connectivity index (χ0) is 16.9. The molecule has 0 aliphatic carbocycles. The molecular weight excluding hydrogens is 327 g/mol. The van der Waals surface area contributed by atoms with Crippen molar-refractivity contribution >= 4 is 29.1 Å². The molecule has 0 bridgehead atoms. The number of halogens is 2. The van der Waals surface area contributed by atoms with Crippen LogP contribution in [0, 0.1) is 5.82 Å². The van der Waals surface area contributed by atoms with Crippen molar-refractivity contribution in [2.75, 3.05) is 17.2 Å². The van der Waals surface area contributed by atoms with E-state index in [4.69, 9.17) is 11.6 Å². The van der Waals surface area contributed by atoms with E-state index in [-0.39, 0.29) is 5.82 Å². The summed E-state index contributed by atoms with van der Waals surface area (Å²) in [6.45, 7) is 2.68. The lowest BCUT2D eigenvalue weighted by molar-refractivity contribution is 0.628. The van der Waals surface area contributed by atoms with Crippen LogP contribution in [0.15, 0.2) is 54.6 Å². The van der Waals surface area contributed by atoms with Crippen LogP contribution in [0.2, 0.25) is 5.02 Å². The molecule has 0 aliphatic rings. The highest BCUT2D eigenvalue weighted by Crippen LogP contribution is 2.28. The lowest BCUT2D eigenvalue weighted by Crippen LogP contribution is -2.05. The quantitative estimate of drug-likeness (QED) is 0.676. The van der Waals surface area contributed by atoms with Gasteiger partial charge in [0, 0.05) is 18.2 Å². The monoisotopic (exact) mass is 342 g/mol. The van der Waals surface area contributed by atoms with Crippen LogP contribution >= 0.6 is 11.6 Å². The third-order valence-electron chi connectivity index (χ3n) is 3.32. The summed E-state index contributed by atoms with van der Waals surface area (Å²) in [7, 11) is 0. The Hall–Kier alpha value is -2.66. The first-order chi connectivity index (χ1) is 11.7. The lowest BCUT2D eigenvalue weighted by Gasteiger charge is -2.12. The van der Waals surface area contributed by atoms with Crippen molar-refractivity contribution in [3.63, 3.8) is 0 Å². The van der Waals surface area contributed by atoms with Crippen molar-refractivity contribution in [3.8, 4) is 11.3 Å². The molecule has 2 aromatic carbocycles. The van der Waals surface area contributed by atoms with Crippen molar-refractivity contribution in [1.29, 1.82) is 0 Å². The first-order valence-corrected chi connectivity index (χ1v) is 7.94. The van der Waals surface area contributed by atoms with Crippen LogP contribution in [0.5, 0.6) is 0 Å². The van der Waals surface area contributed by atoms with Crippen LogP contribution in [-0.4, -0.2) is 16.5 Å². The standard InChI is InChI=1S/C18H16ClFN4/c1-2-21-18-23-16(12-6-4-3-5-7-12)11-17(24-18)22-15-9-8-13(20)10-14(15)19/h3-11H,2H2,1H3,(H2,21,22,23,24). The highest BCUT2D eigenvalue weighted by atomic mass is 35.5. The molecule has 122 valence electrons. The van der Waals surface area contributed by atoms with E-state index in [1.165, 1.54) is 12.1 Å². The fourth-order valence-electron chi connectivity index (χ4n) is 2.23. The maximum Gasteiger partial charge on any atom is 0.225 e. The van der Waals surface area contributed by atoms with Crippen LogP contribution in [0.4, 0.5) is 21.8 Å². The summed E-state index contributed by atoms with van der Waals surface area (Å²) in [6.07, 6.45) is 0. The third-order valence-corrected chi connectivity index (χ3v) is 3.64. The van der Waals surface area contributed by atoms with E-state index in [1.54, 1.807) is 6.07 Å². The number of nitrogens with one attached hydrogen (secondary N) is 2. The highest BCUT2D eigenvalue weighted by Gasteiger charge is 2.08. The second-order valence-corrected chi connectivity index (χ2v) is 5.51. The molecule has 3 aromatic rings. The number of hydrogen-bond donors (Lipinski definition) is 2. The fourth-order valence-corrected chi connectivity index (χ4v) is 2.45. The Labute approximate surface area is 144 Å². The van der Waals surface area contributed by atoms with E-state index in [0.29, 0.717) is 29.0 Å². The number of hydrogen-bond acceptors (Lipinski definition) is 4. The summed E-state index contributed by atoms with van der Waals surface area (Å²) in [6, 6.07) is 15.8. The van der Waals surface area contributed by atoms with Crippen molar-refractivity contribution in [3.05, 3.63) is 65.4 Å². The Kier molecular flexibility index (Phi) is 4.91. The smallest absolute Gasteiger partial charge is 0.225 e. The molecule has 0 radical (unpaired) electrons. The van der Waals surface area contributed by atoms with Crippen LogP contribution in [0.25, 0.3) is 11.3 Å². The molecule has 2 N–H and O–H groups in total. The zero-order valence-corrected chi connectivity index (χ0v) is 13.8. The summed E-state index contributed by atoms with van der Waals surface area (Å²) in [4.78, 5) is 8.94. The molecule has 0 aliphatic heterocycles. The van der Waals surface area contributed by atoms with Crippen molar-refractivity contribution in [2.24, 2.45) is 0 Å². The minimum atomic E-state index is -0.383. The molecule has 0 fully saturated rings. The Morgan fingerprint density at radius 2 is 1.83 bits per heavy atom. The molecule has 1 heterocycles. The molecule has 0 saturated heterocycles. The SMILES string of the molecule is CCNc1nc(Nc2ccc(F)cc2Cl)cc(-c2ccccc2)n1. The summed E-state index contributed by atoms with van der Waals surface area (Å²) >= 11 is 6.08. The first kappa shape index (κ1) is 16.2. The first-order valence-electron chi connectivity index (χ1n) is 7.56. The number of rotatable bonds is 5.